The van der Waals surface area contributed by atoms with Crippen LogP contribution in [0.2, 0.25) is 0 Å². The standard InChI is InChI=1S/C20H24O5/c1-24-20(25-2,18-9-5-16(6-10-18)12-14-22)19(23)17-7-3-15(4-8-17)11-13-21/h3-10,21-22H,11-14H2,1-2H3. The van der Waals surface area contributed by atoms with Crippen molar-refractivity contribution in [1.82, 2.24) is 0 Å². The number of methoxy groups -OCH3 is 2. The van der Waals surface area contributed by atoms with E-state index in [0.29, 0.717) is 24.0 Å². The van der Waals surface area contributed by atoms with Gasteiger partial charge in [-0.2, -0.15) is 0 Å². The molecule has 0 saturated carbocycles. The lowest BCUT2D eigenvalue weighted by atomic mass is 9.94. The third-order valence-corrected chi connectivity index (χ3v) is 4.22. The van der Waals surface area contributed by atoms with Gasteiger partial charge in [0.25, 0.3) is 5.79 Å². The minimum Gasteiger partial charge on any atom is -0.396 e. The number of Topliss-reactive ketones (excluding diaryl/α,β-unsaturated/α-hetero) is 1. The summed E-state index contributed by atoms with van der Waals surface area (Å²) in [6.45, 7) is 0.131. The number of aliphatic hydroxyl groups is 2. The van der Waals surface area contributed by atoms with Crippen LogP contribution < -0.4 is 0 Å². The minimum absolute atomic E-state index is 0.0631. The van der Waals surface area contributed by atoms with E-state index in [-0.39, 0.29) is 19.0 Å². The normalized spacial score (nSPS) is 11.5. The molecule has 0 radical (unpaired) electrons. The molecule has 0 aromatic heterocycles. The number of aliphatic hydroxyl groups excluding tert-OH is 2. The van der Waals surface area contributed by atoms with Crippen molar-refractivity contribution >= 4 is 5.78 Å². The quantitative estimate of drug-likeness (QED) is 0.538. The summed E-state index contributed by atoms with van der Waals surface area (Å²) >= 11 is 0. The molecule has 25 heavy (non-hydrogen) atoms. The maximum atomic E-state index is 13.1. The molecular weight excluding hydrogens is 320 g/mol. The van der Waals surface area contributed by atoms with Crippen LogP contribution in [0.1, 0.15) is 27.0 Å². The molecular formula is C20H24O5. The van der Waals surface area contributed by atoms with Gasteiger partial charge < -0.3 is 19.7 Å². The highest BCUT2D eigenvalue weighted by Crippen LogP contribution is 2.31. The van der Waals surface area contributed by atoms with Gasteiger partial charge in [-0.3, -0.25) is 4.79 Å². The molecule has 2 aromatic carbocycles. The van der Waals surface area contributed by atoms with Crippen molar-refractivity contribution in [2.45, 2.75) is 18.6 Å². The van der Waals surface area contributed by atoms with E-state index in [1.807, 2.05) is 24.3 Å². The van der Waals surface area contributed by atoms with Gasteiger partial charge >= 0.3 is 0 Å². The Morgan fingerprint density at radius 2 is 1.28 bits per heavy atom. The van der Waals surface area contributed by atoms with Crippen LogP contribution in [-0.4, -0.2) is 43.4 Å². The molecule has 2 rings (SSSR count). The predicted octanol–water partition coefficient (Wildman–Crippen LogP) is 2.08. The number of ether oxygens (including phenoxy) is 2. The summed E-state index contributed by atoms with van der Waals surface area (Å²) in [4.78, 5) is 13.1. The molecule has 0 aliphatic heterocycles. The first-order valence-electron chi connectivity index (χ1n) is 8.16. The summed E-state index contributed by atoms with van der Waals surface area (Å²) in [5.41, 5.74) is 2.97. The van der Waals surface area contributed by atoms with Gasteiger partial charge in [0.05, 0.1) is 0 Å². The summed E-state index contributed by atoms with van der Waals surface area (Å²) in [7, 11) is 2.87. The molecule has 0 aliphatic rings. The third-order valence-electron chi connectivity index (χ3n) is 4.22. The van der Waals surface area contributed by atoms with Gasteiger partial charge in [-0.1, -0.05) is 48.5 Å². The second-order valence-corrected chi connectivity index (χ2v) is 5.70. The summed E-state index contributed by atoms with van der Waals surface area (Å²) in [6.07, 6.45) is 1.09. The Morgan fingerprint density at radius 3 is 1.68 bits per heavy atom. The van der Waals surface area contributed by atoms with Crippen LogP contribution in [-0.2, 0) is 28.1 Å². The maximum Gasteiger partial charge on any atom is 0.260 e. The zero-order valence-electron chi connectivity index (χ0n) is 14.6. The number of rotatable bonds is 9. The predicted molar refractivity (Wildman–Crippen MR) is 94.5 cm³/mol. The molecule has 0 fully saturated rings. The zero-order chi connectivity index (χ0) is 18.3. The lowest BCUT2D eigenvalue weighted by Gasteiger charge is -2.30. The summed E-state index contributed by atoms with van der Waals surface area (Å²) in [5.74, 6) is -1.83. The summed E-state index contributed by atoms with van der Waals surface area (Å²) in [5, 5.41) is 18.0. The zero-order valence-corrected chi connectivity index (χ0v) is 14.6. The molecule has 0 atom stereocenters. The number of hydrogen-bond donors (Lipinski definition) is 2. The Labute approximate surface area is 147 Å². The highest BCUT2D eigenvalue weighted by atomic mass is 16.7. The number of ketones is 1. The summed E-state index contributed by atoms with van der Waals surface area (Å²) in [6, 6.07) is 14.3. The number of hydrogen-bond acceptors (Lipinski definition) is 5. The fourth-order valence-corrected chi connectivity index (χ4v) is 2.80. The van der Waals surface area contributed by atoms with E-state index >= 15 is 0 Å². The molecule has 0 bridgehead atoms. The fourth-order valence-electron chi connectivity index (χ4n) is 2.80. The van der Waals surface area contributed by atoms with Crippen LogP contribution in [0, 0.1) is 0 Å². The van der Waals surface area contributed by atoms with Crippen LogP contribution in [0.15, 0.2) is 48.5 Å². The molecule has 0 amide bonds. The molecule has 5 heteroatoms. The second kappa shape index (κ2) is 8.87. The van der Waals surface area contributed by atoms with Crippen LogP contribution in [0.5, 0.6) is 0 Å². The summed E-state index contributed by atoms with van der Waals surface area (Å²) < 4.78 is 11.0. The van der Waals surface area contributed by atoms with Crippen molar-refractivity contribution in [3.63, 3.8) is 0 Å². The van der Waals surface area contributed by atoms with E-state index in [1.54, 1.807) is 24.3 Å². The minimum atomic E-state index is -1.53. The van der Waals surface area contributed by atoms with E-state index in [0.717, 1.165) is 11.1 Å². The largest absolute Gasteiger partial charge is 0.396 e. The van der Waals surface area contributed by atoms with Gasteiger partial charge in [0.1, 0.15) is 0 Å². The van der Waals surface area contributed by atoms with E-state index in [1.165, 1.54) is 14.2 Å². The molecule has 0 heterocycles. The number of carbonyl (C=O) groups is 1. The van der Waals surface area contributed by atoms with Crippen molar-refractivity contribution < 1.29 is 24.5 Å². The van der Waals surface area contributed by atoms with Gasteiger partial charge in [-0.15, -0.1) is 0 Å². The van der Waals surface area contributed by atoms with E-state index in [9.17, 15) is 4.79 Å². The lowest BCUT2D eigenvalue weighted by molar-refractivity contribution is -0.176. The van der Waals surface area contributed by atoms with Crippen molar-refractivity contribution in [3.8, 4) is 0 Å². The SMILES string of the molecule is COC(OC)(C(=O)c1ccc(CCO)cc1)c1ccc(CCO)cc1. The monoisotopic (exact) mass is 344 g/mol. The molecule has 134 valence electrons. The topological polar surface area (TPSA) is 76.0 Å². The van der Waals surface area contributed by atoms with Crippen LogP contribution >= 0.6 is 0 Å². The van der Waals surface area contributed by atoms with Gasteiger partial charge in [-0.05, 0) is 24.0 Å². The fraction of sp³-hybridized carbons (Fsp3) is 0.350. The molecule has 0 saturated heterocycles. The van der Waals surface area contributed by atoms with E-state index < -0.39 is 5.79 Å². The molecule has 2 aromatic rings. The number of benzene rings is 2. The lowest BCUT2D eigenvalue weighted by Crippen LogP contribution is -2.40. The average molecular weight is 344 g/mol. The molecule has 2 N–H and O–H groups in total. The highest BCUT2D eigenvalue weighted by Gasteiger charge is 2.41. The first-order valence-corrected chi connectivity index (χ1v) is 8.16. The molecule has 0 aliphatic carbocycles. The smallest absolute Gasteiger partial charge is 0.260 e. The van der Waals surface area contributed by atoms with Gasteiger partial charge in [-0.25, -0.2) is 0 Å². The van der Waals surface area contributed by atoms with Gasteiger partial charge in [0, 0.05) is 38.6 Å². The Bertz CT molecular complexity index is 672. The van der Waals surface area contributed by atoms with Gasteiger partial charge in [0.15, 0.2) is 0 Å². The van der Waals surface area contributed by atoms with Gasteiger partial charge in [0.2, 0.25) is 5.78 Å². The molecule has 0 unspecified atom stereocenters. The third kappa shape index (κ3) is 4.14. The number of carbonyl (C=O) groups excluding carboxylic acids is 1. The van der Waals surface area contributed by atoms with Crippen LogP contribution in [0.3, 0.4) is 0 Å². The Kier molecular flexibility index (Phi) is 6.84. The van der Waals surface area contributed by atoms with Crippen molar-refractivity contribution in [2.75, 3.05) is 27.4 Å². The van der Waals surface area contributed by atoms with Crippen molar-refractivity contribution in [3.05, 3.63) is 70.8 Å². The van der Waals surface area contributed by atoms with Crippen molar-refractivity contribution in [1.29, 1.82) is 0 Å². The Morgan fingerprint density at radius 1 is 0.840 bits per heavy atom. The first-order chi connectivity index (χ1) is 12.1. The second-order valence-electron chi connectivity index (χ2n) is 5.70. The molecule has 0 spiro atoms. The van der Waals surface area contributed by atoms with Crippen LogP contribution in [0.4, 0.5) is 0 Å². The first kappa shape index (κ1) is 19.3. The highest BCUT2D eigenvalue weighted by molar-refractivity contribution is 6.02. The van der Waals surface area contributed by atoms with Crippen molar-refractivity contribution in [2.24, 2.45) is 0 Å². The van der Waals surface area contributed by atoms with E-state index in [2.05, 4.69) is 0 Å². The van der Waals surface area contributed by atoms with E-state index in [4.69, 9.17) is 19.7 Å². The maximum absolute atomic E-state index is 13.1. The van der Waals surface area contributed by atoms with Crippen LogP contribution in [0.25, 0.3) is 0 Å². The molecule has 5 nitrogen and oxygen atoms in total. The average Bonchev–Trinajstić information content (AvgIpc) is 2.65. The Hall–Kier alpha value is -2.05. The Balaban J connectivity index is 2.35.